The molecule has 4 rings (SSSR count). The van der Waals surface area contributed by atoms with Crippen molar-refractivity contribution < 1.29 is 27.5 Å². The van der Waals surface area contributed by atoms with Crippen molar-refractivity contribution in [3.05, 3.63) is 58.9 Å². The summed E-state index contributed by atoms with van der Waals surface area (Å²) >= 11 is 1.16. The van der Waals surface area contributed by atoms with Gasteiger partial charge in [-0.05, 0) is 42.6 Å². The van der Waals surface area contributed by atoms with Crippen LogP contribution in [0, 0.1) is 12.7 Å². The predicted molar refractivity (Wildman–Crippen MR) is 100 cm³/mol. The molecule has 0 bridgehead atoms. The number of aliphatic carboxylic acids is 1. The first kappa shape index (κ1) is 18.5. The highest BCUT2D eigenvalue weighted by Gasteiger charge is 2.31. The summed E-state index contributed by atoms with van der Waals surface area (Å²) in [6, 6.07) is 7.61. The Morgan fingerprint density at radius 2 is 1.89 bits per heavy atom. The monoisotopic (exact) mass is 407 g/mol. The smallest absolute Gasteiger partial charge is 0.416 e. The van der Waals surface area contributed by atoms with E-state index in [1.54, 1.807) is 16.9 Å². The number of halogens is 4. The maximum absolute atomic E-state index is 13.9. The second-order valence-electron chi connectivity index (χ2n) is 6.46. The molecular weight excluding hydrogens is 394 g/mol. The summed E-state index contributed by atoms with van der Waals surface area (Å²) in [6.07, 6.45) is -4.44. The summed E-state index contributed by atoms with van der Waals surface area (Å²) in [5.41, 5.74) is 1.72. The fourth-order valence-electron chi connectivity index (χ4n) is 3.53. The van der Waals surface area contributed by atoms with E-state index in [4.69, 9.17) is 0 Å². The minimum atomic E-state index is -4.44. The molecule has 2 heterocycles. The van der Waals surface area contributed by atoms with E-state index in [9.17, 15) is 27.5 Å². The van der Waals surface area contributed by atoms with Crippen molar-refractivity contribution in [2.45, 2.75) is 19.6 Å². The lowest BCUT2D eigenvalue weighted by molar-refractivity contribution is -0.138. The Balaban J connectivity index is 2.00. The summed E-state index contributed by atoms with van der Waals surface area (Å²) in [5, 5.41) is 12.1. The number of aromatic nitrogens is 1. The van der Waals surface area contributed by atoms with Crippen LogP contribution in [0.2, 0.25) is 0 Å². The van der Waals surface area contributed by atoms with Crippen LogP contribution in [0.25, 0.3) is 32.1 Å². The molecule has 0 fully saturated rings. The summed E-state index contributed by atoms with van der Waals surface area (Å²) in [7, 11) is 0. The van der Waals surface area contributed by atoms with E-state index in [0.29, 0.717) is 37.8 Å². The van der Waals surface area contributed by atoms with E-state index in [-0.39, 0.29) is 6.54 Å². The summed E-state index contributed by atoms with van der Waals surface area (Å²) in [6.45, 7) is 1.43. The van der Waals surface area contributed by atoms with Gasteiger partial charge < -0.3 is 9.67 Å². The van der Waals surface area contributed by atoms with Crippen LogP contribution in [-0.4, -0.2) is 15.6 Å². The van der Waals surface area contributed by atoms with Gasteiger partial charge in [0.15, 0.2) is 0 Å². The molecule has 2 aromatic carbocycles. The van der Waals surface area contributed by atoms with Gasteiger partial charge >= 0.3 is 12.1 Å². The fraction of sp³-hybridized carbons (Fsp3) is 0.150. The first-order valence-corrected chi connectivity index (χ1v) is 9.13. The second-order valence-corrected chi connectivity index (χ2v) is 7.37. The molecule has 0 radical (unpaired) electrons. The molecule has 8 heteroatoms. The molecule has 2 aromatic heterocycles. The Kier molecular flexibility index (Phi) is 4.19. The lowest BCUT2D eigenvalue weighted by atomic mass is 10.0. The number of hydrogen-bond acceptors (Lipinski definition) is 2. The molecule has 144 valence electrons. The molecule has 0 amide bonds. The van der Waals surface area contributed by atoms with E-state index in [1.807, 2.05) is 0 Å². The third kappa shape index (κ3) is 2.93. The van der Waals surface area contributed by atoms with Crippen LogP contribution in [0.3, 0.4) is 0 Å². The second kappa shape index (κ2) is 6.34. The summed E-state index contributed by atoms with van der Waals surface area (Å²) in [4.78, 5) is 11.3. The van der Waals surface area contributed by atoms with Gasteiger partial charge in [-0.2, -0.15) is 13.2 Å². The number of nitrogens with zero attached hydrogens (tertiary/aromatic N) is 1. The number of carbonyl (C=O) groups is 1. The number of hydrogen-bond donors (Lipinski definition) is 1. The van der Waals surface area contributed by atoms with Gasteiger partial charge in [-0.1, -0.05) is 6.07 Å². The zero-order valence-electron chi connectivity index (χ0n) is 14.5. The van der Waals surface area contributed by atoms with Gasteiger partial charge in [0, 0.05) is 37.8 Å². The maximum Gasteiger partial charge on any atom is 0.416 e. The molecule has 1 N–H and O–H groups in total. The average molecular weight is 407 g/mol. The van der Waals surface area contributed by atoms with E-state index >= 15 is 0 Å². The minimum Gasteiger partial charge on any atom is -0.480 e. The molecule has 3 nitrogen and oxygen atoms in total. The zero-order chi connectivity index (χ0) is 20.2. The lowest BCUT2D eigenvalue weighted by Gasteiger charge is -2.07. The lowest BCUT2D eigenvalue weighted by Crippen LogP contribution is -2.09. The quantitative estimate of drug-likeness (QED) is 0.419. The largest absolute Gasteiger partial charge is 0.480 e. The topological polar surface area (TPSA) is 42.2 Å². The normalized spacial score (nSPS) is 12.2. The van der Waals surface area contributed by atoms with Crippen molar-refractivity contribution in [2.24, 2.45) is 0 Å². The van der Waals surface area contributed by atoms with Gasteiger partial charge in [-0.3, -0.25) is 4.79 Å². The minimum absolute atomic E-state index is 0.297. The van der Waals surface area contributed by atoms with Crippen molar-refractivity contribution >= 4 is 38.3 Å². The van der Waals surface area contributed by atoms with Gasteiger partial charge in [-0.15, -0.1) is 11.3 Å². The van der Waals surface area contributed by atoms with Gasteiger partial charge in [-0.25, -0.2) is 4.39 Å². The summed E-state index contributed by atoms with van der Waals surface area (Å²) < 4.78 is 54.9. The van der Waals surface area contributed by atoms with Crippen LogP contribution >= 0.6 is 11.3 Å². The van der Waals surface area contributed by atoms with Crippen LogP contribution in [0.15, 0.2) is 41.8 Å². The Morgan fingerprint density at radius 3 is 2.57 bits per heavy atom. The zero-order valence-corrected chi connectivity index (χ0v) is 15.3. The van der Waals surface area contributed by atoms with Gasteiger partial charge in [0.1, 0.15) is 12.4 Å². The molecule has 0 spiro atoms. The molecule has 0 unspecified atom stereocenters. The van der Waals surface area contributed by atoms with Crippen LogP contribution in [0.5, 0.6) is 0 Å². The highest BCUT2D eigenvalue weighted by atomic mass is 32.1. The van der Waals surface area contributed by atoms with Crippen LogP contribution < -0.4 is 0 Å². The molecular formula is C20H13F4NO2S. The van der Waals surface area contributed by atoms with Gasteiger partial charge in [0.25, 0.3) is 0 Å². The fourth-order valence-corrected chi connectivity index (χ4v) is 4.52. The first-order chi connectivity index (χ1) is 13.2. The average Bonchev–Trinajstić information content (AvgIpc) is 3.12. The van der Waals surface area contributed by atoms with E-state index in [1.165, 1.54) is 24.3 Å². The number of carboxylic acid groups (broad SMARTS) is 1. The number of thiophene rings is 1. The Labute approximate surface area is 160 Å². The predicted octanol–water partition coefficient (Wildman–Crippen LogP) is 6.07. The number of rotatable bonds is 3. The standard InChI is InChI=1S/C20H13F4NO2S/c1-10-19(14-7-12(21)3-5-16(14)25(10)8-18(26)27)15-9-28-17-6-11(20(22,23)24)2-4-13(15)17/h2-7,9H,8H2,1H3,(H,26,27). The van der Waals surface area contributed by atoms with Crippen LogP contribution in [0.4, 0.5) is 17.6 Å². The number of benzene rings is 2. The van der Waals surface area contributed by atoms with Gasteiger partial charge in [0.05, 0.1) is 5.56 Å². The molecule has 0 saturated heterocycles. The van der Waals surface area contributed by atoms with E-state index < -0.39 is 23.5 Å². The van der Waals surface area contributed by atoms with Crippen molar-refractivity contribution in [1.29, 1.82) is 0 Å². The highest BCUT2D eigenvalue weighted by Crippen LogP contribution is 2.42. The molecule has 0 atom stereocenters. The molecule has 28 heavy (non-hydrogen) atoms. The van der Waals surface area contributed by atoms with Crippen molar-refractivity contribution in [1.82, 2.24) is 4.57 Å². The molecule has 0 aliphatic heterocycles. The third-order valence-corrected chi connectivity index (χ3v) is 5.70. The van der Waals surface area contributed by atoms with E-state index in [0.717, 1.165) is 23.5 Å². The molecule has 0 aliphatic carbocycles. The van der Waals surface area contributed by atoms with Gasteiger partial charge in [0.2, 0.25) is 0 Å². The Bertz CT molecular complexity index is 1240. The first-order valence-electron chi connectivity index (χ1n) is 8.26. The number of fused-ring (bicyclic) bond motifs is 2. The molecule has 4 aromatic rings. The van der Waals surface area contributed by atoms with Crippen molar-refractivity contribution in [2.75, 3.05) is 0 Å². The van der Waals surface area contributed by atoms with E-state index in [2.05, 4.69) is 0 Å². The Morgan fingerprint density at radius 1 is 1.14 bits per heavy atom. The van der Waals surface area contributed by atoms with Crippen molar-refractivity contribution in [3.8, 4) is 11.1 Å². The van der Waals surface area contributed by atoms with Crippen molar-refractivity contribution in [3.63, 3.8) is 0 Å². The summed E-state index contributed by atoms with van der Waals surface area (Å²) in [5.74, 6) is -1.51. The SMILES string of the molecule is Cc1c(-c2csc3cc(C(F)(F)F)ccc23)c2cc(F)ccc2n1CC(=O)O. The highest BCUT2D eigenvalue weighted by molar-refractivity contribution is 7.17. The number of alkyl halides is 3. The van der Waals surface area contributed by atoms with Crippen LogP contribution in [0.1, 0.15) is 11.3 Å². The Hall–Kier alpha value is -2.87. The maximum atomic E-state index is 13.9. The third-order valence-electron chi connectivity index (χ3n) is 4.75. The van der Waals surface area contributed by atoms with Crippen LogP contribution in [-0.2, 0) is 17.5 Å². The number of carboxylic acids is 1. The molecule has 0 saturated carbocycles. The molecule has 0 aliphatic rings.